The lowest BCUT2D eigenvalue weighted by Gasteiger charge is -2.38. The van der Waals surface area contributed by atoms with Gasteiger partial charge in [-0.2, -0.15) is 4.31 Å². The molecule has 0 N–H and O–H groups in total. The molecule has 0 saturated carbocycles. The lowest BCUT2D eigenvalue weighted by atomic mass is 9.93. The number of benzene rings is 3. The molecule has 0 fully saturated rings. The maximum atomic E-state index is 14.0. The number of sulfonamides is 1. The Labute approximate surface area is 241 Å². The van der Waals surface area contributed by atoms with Crippen LogP contribution >= 0.6 is 34.5 Å². The molecule has 1 atom stereocenters. The summed E-state index contributed by atoms with van der Waals surface area (Å²) in [5.74, 6) is -0.786. The summed E-state index contributed by atoms with van der Waals surface area (Å²) in [5.41, 5.74) is 3.17. The lowest BCUT2D eigenvalue weighted by Crippen LogP contribution is -2.46. The van der Waals surface area contributed by atoms with Gasteiger partial charge in [0.15, 0.2) is 0 Å². The van der Waals surface area contributed by atoms with E-state index in [0.717, 1.165) is 25.9 Å². The Hall–Kier alpha value is -2.75. The summed E-state index contributed by atoms with van der Waals surface area (Å²) >= 11 is 14.4. The second kappa shape index (κ2) is 11.4. The summed E-state index contributed by atoms with van der Waals surface area (Å²) in [5, 5.41) is 2.90. The number of halogens is 3. The molecule has 0 radical (unpaired) electrons. The maximum Gasteiger partial charge on any atom is 0.243 e. The SMILES string of the molecule is Cc1ccc(S(=O)(=O)N(CC(=O)N2CCc3sccc3C2c2ccc(Cl)cc2Cl)Cc2ccc(F)cc2)cc1. The number of fused-ring (bicyclic) bond motifs is 1. The molecule has 1 aliphatic heterocycles. The highest BCUT2D eigenvalue weighted by atomic mass is 35.5. The fourth-order valence-electron chi connectivity index (χ4n) is 4.76. The largest absolute Gasteiger partial charge is 0.330 e. The monoisotopic (exact) mass is 602 g/mol. The average molecular weight is 604 g/mol. The molecule has 1 unspecified atom stereocenters. The number of rotatable bonds is 7. The first kappa shape index (κ1) is 27.8. The number of carbonyl (C=O) groups is 1. The van der Waals surface area contributed by atoms with Crippen molar-refractivity contribution in [2.45, 2.75) is 30.8 Å². The molecular weight excluding hydrogens is 578 g/mol. The Morgan fingerprint density at radius 1 is 1.03 bits per heavy atom. The van der Waals surface area contributed by atoms with E-state index in [1.807, 2.05) is 24.4 Å². The fraction of sp³-hybridized carbons (Fsp3) is 0.207. The van der Waals surface area contributed by atoms with Gasteiger partial charge in [0.05, 0.1) is 17.5 Å². The molecule has 5 nitrogen and oxygen atoms in total. The van der Waals surface area contributed by atoms with Crippen LogP contribution in [-0.2, 0) is 27.8 Å². The van der Waals surface area contributed by atoms with Gasteiger partial charge in [-0.05, 0) is 77.9 Å². The van der Waals surface area contributed by atoms with Crippen molar-refractivity contribution in [1.29, 1.82) is 0 Å². The summed E-state index contributed by atoms with van der Waals surface area (Å²) < 4.78 is 42.3. The molecule has 1 amide bonds. The van der Waals surface area contributed by atoms with Crippen molar-refractivity contribution in [3.8, 4) is 0 Å². The Morgan fingerprint density at radius 3 is 2.44 bits per heavy atom. The Balaban J connectivity index is 1.51. The zero-order valence-electron chi connectivity index (χ0n) is 21.0. The normalized spacial score (nSPS) is 15.4. The van der Waals surface area contributed by atoms with Crippen molar-refractivity contribution in [3.63, 3.8) is 0 Å². The van der Waals surface area contributed by atoms with Gasteiger partial charge in [-0.25, -0.2) is 12.8 Å². The number of thiophene rings is 1. The van der Waals surface area contributed by atoms with Crippen LogP contribution in [-0.4, -0.2) is 36.6 Å². The van der Waals surface area contributed by atoms with Crippen LogP contribution < -0.4 is 0 Å². The Morgan fingerprint density at radius 2 is 1.74 bits per heavy atom. The van der Waals surface area contributed by atoms with Crippen molar-refractivity contribution in [2.75, 3.05) is 13.1 Å². The van der Waals surface area contributed by atoms with Gasteiger partial charge >= 0.3 is 0 Å². The van der Waals surface area contributed by atoms with Gasteiger partial charge in [0.25, 0.3) is 0 Å². The summed E-state index contributed by atoms with van der Waals surface area (Å²) in [6.45, 7) is 1.79. The van der Waals surface area contributed by atoms with Gasteiger partial charge in [-0.1, -0.05) is 59.1 Å². The fourth-order valence-corrected chi connectivity index (χ4v) is 7.56. The number of aryl methyl sites for hydroxylation is 1. The Bertz CT molecular complexity index is 1610. The molecule has 0 saturated heterocycles. The summed E-state index contributed by atoms with van der Waals surface area (Å²) in [6, 6.07) is 18.8. The minimum Gasteiger partial charge on any atom is -0.330 e. The molecule has 39 heavy (non-hydrogen) atoms. The van der Waals surface area contributed by atoms with Crippen molar-refractivity contribution in [3.05, 3.63) is 121 Å². The first-order valence-corrected chi connectivity index (χ1v) is 15.3. The van der Waals surface area contributed by atoms with Gasteiger partial charge < -0.3 is 4.90 Å². The summed E-state index contributed by atoms with van der Waals surface area (Å²) in [6.07, 6.45) is 0.656. The van der Waals surface area contributed by atoms with Gasteiger partial charge in [-0.3, -0.25) is 4.79 Å². The molecule has 1 aliphatic rings. The van der Waals surface area contributed by atoms with E-state index in [1.165, 1.54) is 36.4 Å². The molecular formula is C29H25Cl2FN2O3S2. The van der Waals surface area contributed by atoms with Crippen LogP contribution in [0.2, 0.25) is 10.0 Å². The molecule has 0 aliphatic carbocycles. The number of nitrogens with zero attached hydrogens (tertiary/aromatic N) is 2. The van der Waals surface area contributed by atoms with E-state index >= 15 is 0 Å². The molecule has 0 bridgehead atoms. The molecule has 4 aromatic rings. The van der Waals surface area contributed by atoms with Crippen LogP contribution in [0, 0.1) is 12.7 Å². The zero-order valence-corrected chi connectivity index (χ0v) is 24.1. The van der Waals surface area contributed by atoms with E-state index in [0.29, 0.717) is 28.6 Å². The quantitative estimate of drug-likeness (QED) is 0.232. The highest BCUT2D eigenvalue weighted by molar-refractivity contribution is 7.89. The van der Waals surface area contributed by atoms with Gasteiger partial charge in [0.1, 0.15) is 5.82 Å². The Kier molecular flexibility index (Phi) is 8.12. The average Bonchev–Trinajstić information content (AvgIpc) is 3.38. The molecule has 2 heterocycles. The minimum atomic E-state index is -4.05. The molecule has 1 aromatic heterocycles. The summed E-state index contributed by atoms with van der Waals surface area (Å²) in [7, 11) is -4.05. The maximum absolute atomic E-state index is 14.0. The number of hydrogen-bond donors (Lipinski definition) is 0. The van der Waals surface area contributed by atoms with Crippen molar-refractivity contribution in [2.24, 2.45) is 0 Å². The molecule has 0 spiro atoms. The summed E-state index contributed by atoms with van der Waals surface area (Å²) in [4.78, 5) is 16.9. The van der Waals surface area contributed by atoms with Crippen molar-refractivity contribution >= 4 is 50.5 Å². The predicted molar refractivity (Wildman–Crippen MR) is 153 cm³/mol. The third-order valence-corrected chi connectivity index (χ3v) is 10.2. The van der Waals surface area contributed by atoms with E-state index in [9.17, 15) is 17.6 Å². The van der Waals surface area contributed by atoms with Gasteiger partial charge in [0, 0.05) is 28.0 Å². The molecule has 202 valence electrons. The minimum absolute atomic E-state index is 0.0825. The topological polar surface area (TPSA) is 57.7 Å². The van der Waals surface area contributed by atoms with Crippen LogP contribution in [0.25, 0.3) is 0 Å². The third-order valence-electron chi connectivity index (χ3n) is 6.79. The van der Waals surface area contributed by atoms with Gasteiger partial charge in [-0.15, -0.1) is 11.3 Å². The number of carbonyl (C=O) groups excluding carboxylic acids is 1. The highest BCUT2D eigenvalue weighted by Gasteiger charge is 2.36. The van der Waals surface area contributed by atoms with Crippen molar-refractivity contribution < 1.29 is 17.6 Å². The lowest BCUT2D eigenvalue weighted by molar-refractivity contribution is -0.133. The van der Waals surface area contributed by atoms with Crippen LogP contribution in [0.15, 0.2) is 83.1 Å². The smallest absolute Gasteiger partial charge is 0.243 e. The van der Waals surface area contributed by atoms with E-state index in [2.05, 4.69) is 0 Å². The number of hydrogen-bond acceptors (Lipinski definition) is 4. The van der Waals surface area contributed by atoms with Crippen LogP contribution in [0.5, 0.6) is 0 Å². The second-order valence-corrected chi connectivity index (χ2v) is 13.2. The standard InChI is InChI=1S/C29H25Cl2FN2O3S2/c1-19-2-9-23(10-3-19)39(36,37)33(17-20-4-7-22(32)8-5-20)18-28(35)34-14-12-27-25(13-15-38-27)29(34)24-11-6-21(30)16-26(24)31/h2-11,13,15-16,29H,12,14,17-18H2,1H3. The zero-order chi connectivity index (χ0) is 27.7. The van der Waals surface area contributed by atoms with Crippen LogP contribution in [0.4, 0.5) is 4.39 Å². The third kappa shape index (κ3) is 5.90. The first-order chi connectivity index (χ1) is 18.6. The van der Waals surface area contributed by atoms with E-state index in [-0.39, 0.29) is 17.3 Å². The predicted octanol–water partition coefficient (Wildman–Crippen LogP) is 6.87. The van der Waals surface area contributed by atoms with E-state index < -0.39 is 28.4 Å². The first-order valence-electron chi connectivity index (χ1n) is 12.3. The van der Waals surface area contributed by atoms with Crippen LogP contribution in [0.1, 0.15) is 33.2 Å². The molecule has 5 rings (SSSR count). The molecule has 10 heteroatoms. The molecule has 3 aromatic carbocycles. The number of amides is 1. The highest BCUT2D eigenvalue weighted by Crippen LogP contribution is 2.41. The van der Waals surface area contributed by atoms with E-state index in [1.54, 1.807) is 40.5 Å². The van der Waals surface area contributed by atoms with Gasteiger partial charge in [0.2, 0.25) is 15.9 Å². The second-order valence-electron chi connectivity index (χ2n) is 9.42. The van der Waals surface area contributed by atoms with Crippen LogP contribution in [0.3, 0.4) is 0 Å². The van der Waals surface area contributed by atoms with E-state index in [4.69, 9.17) is 23.2 Å². The van der Waals surface area contributed by atoms with Crippen molar-refractivity contribution in [1.82, 2.24) is 9.21 Å².